The van der Waals surface area contributed by atoms with Gasteiger partial charge < -0.3 is 49.7 Å². The third-order valence-electron chi connectivity index (χ3n) is 3.60. The van der Waals surface area contributed by atoms with Crippen molar-refractivity contribution >= 4 is 0 Å². The summed E-state index contributed by atoms with van der Waals surface area (Å²) in [6.45, 7) is -2.27. The molecule has 0 aromatic heterocycles. The van der Waals surface area contributed by atoms with Gasteiger partial charge in [0.2, 0.25) is 0 Å². The lowest BCUT2D eigenvalue weighted by atomic mass is 9.95. The molecule has 1 aliphatic heterocycles. The molecule has 0 radical (unpaired) electrons. The van der Waals surface area contributed by atoms with Crippen LogP contribution in [0.2, 0.25) is 0 Å². The zero-order chi connectivity index (χ0) is 19.0. The fraction of sp³-hybridized carbons (Fsp3) is 0.923. The van der Waals surface area contributed by atoms with Crippen LogP contribution in [0.1, 0.15) is 0 Å². The van der Waals surface area contributed by atoms with Gasteiger partial charge in [-0.15, -0.1) is 0 Å². The molecule has 5 unspecified atom stereocenters. The molecule has 12 nitrogen and oxygen atoms in total. The van der Waals surface area contributed by atoms with Crippen LogP contribution in [0.15, 0.2) is 0 Å². The second-order valence-electron chi connectivity index (χ2n) is 5.38. The Labute approximate surface area is 143 Å². The molecule has 0 bridgehead atoms. The number of rotatable bonds is 10. The van der Waals surface area contributed by atoms with Crippen molar-refractivity contribution in [1.82, 2.24) is 0 Å². The van der Waals surface area contributed by atoms with Crippen LogP contribution in [0.5, 0.6) is 0 Å². The van der Waals surface area contributed by atoms with Crippen molar-refractivity contribution in [1.29, 1.82) is 5.26 Å². The summed E-state index contributed by atoms with van der Waals surface area (Å²) in [5, 5.41) is 66.3. The lowest BCUT2D eigenvalue weighted by molar-refractivity contribution is -0.305. The predicted molar refractivity (Wildman–Crippen MR) is 77.2 cm³/mol. The topological polar surface area (TPSA) is 208 Å². The summed E-state index contributed by atoms with van der Waals surface area (Å²) in [6, 6.07) is 1.63. The summed E-state index contributed by atoms with van der Waals surface area (Å²) in [6.07, 6.45) is -11.5. The zero-order valence-electron chi connectivity index (χ0n) is 13.3. The van der Waals surface area contributed by atoms with Gasteiger partial charge in [0, 0.05) is 0 Å². The smallest absolute Gasteiger partial charge is 0.186 e. The summed E-state index contributed by atoms with van der Waals surface area (Å²) in [4.78, 5) is 4.33. The van der Waals surface area contributed by atoms with E-state index in [1.54, 1.807) is 6.07 Å². The van der Waals surface area contributed by atoms with Gasteiger partial charge in [0.1, 0.15) is 36.6 Å². The average Bonchev–Trinajstić information content (AvgIpc) is 2.63. The molecule has 8 N–H and O–H groups in total. The van der Waals surface area contributed by atoms with Crippen molar-refractivity contribution in [3.05, 3.63) is 0 Å². The molecule has 0 aliphatic carbocycles. The highest BCUT2D eigenvalue weighted by Crippen LogP contribution is 2.25. The molecular weight excluding hydrogens is 344 g/mol. The Hall–Kier alpha value is -0.950. The van der Waals surface area contributed by atoms with Crippen molar-refractivity contribution in [2.75, 3.05) is 26.4 Å². The van der Waals surface area contributed by atoms with Crippen molar-refractivity contribution in [2.24, 2.45) is 5.90 Å². The maximum absolute atomic E-state index is 10.1. The first-order chi connectivity index (χ1) is 11.9. The Morgan fingerprint density at radius 2 is 1.84 bits per heavy atom. The van der Waals surface area contributed by atoms with E-state index >= 15 is 0 Å². The predicted octanol–water partition coefficient (Wildman–Crippen LogP) is -4.68. The first-order valence-corrected chi connectivity index (χ1v) is 7.47. The first kappa shape index (κ1) is 22.1. The molecule has 1 rings (SSSR count). The summed E-state index contributed by atoms with van der Waals surface area (Å²) >= 11 is 0. The van der Waals surface area contributed by atoms with Gasteiger partial charge in [-0.2, -0.15) is 5.26 Å². The van der Waals surface area contributed by atoms with Crippen molar-refractivity contribution in [3.63, 3.8) is 0 Å². The van der Waals surface area contributed by atoms with Crippen LogP contribution in [-0.2, 0) is 19.0 Å². The molecule has 0 amide bonds. The van der Waals surface area contributed by atoms with Gasteiger partial charge in [-0.25, -0.2) is 5.90 Å². The van der Waals surface area contributed by atoms with Gasteiger partial charge in [0.25, 0.3) is 0 Å². The molecule has 146 valence electrons. The van der Waals surface area contributed by atoms with E-state index in [-0.39, 0.29) is 6.61 Å². The summed E-state index contributed by atoms with van der Waals surface area (Å²) in [5.41, 5.74) is 0. The lowest BCUT2D eigenvalue weighted by Crippen LogP contribution is -2.61. The van der Waals surface area contributed by atoms with Crippen LogP contribution in [0.3, 0.4) is 0 Å². The van der Waals surface area contributed by atoms with E-state index in [4.69, 9.17) is 30.5 Å². The third-order valence-corrected chi connectivity index (χ3v) is 3.60. The van der Waals surface area contributed by atoms with E-state index in [9.17, 15) is 25.5 Å². The van der Waals surface area contributed by atoms with Crippen LogP contribution in [0, 0.1) is 11.3 Å². The number of nitriles is 1. The van der Waals surface area contributed by atoms with E-state index in [0.717, 1.165) is 0 Å². The largest absolute Gasteiger partial charge is 0.394 e. The molecule has 1 saturated heterocycles. The number of nitrogens with zero attached hydrogens (tertiary/aromatic N) is 1. The Balaban J connectivity index is 2.91. The fourth-order valence-corrected chi connectivity index (χ4v) is 2.25. The molecule has 25 heavy (non-hydrogen) atoms. The monoisotopic (exact) mass is 368 g/mol. The Bertz CT molecular complexity index is 420. The minimum Gasteiger partial charge on any atom is -0.394 e. The van der Waals surface area contributed by atoms with E-state index in [1.165, 1.54) is 0 Å². The number of hydrogen-bond donors (Lipinski definition) is 7. The van der Waals surface area contributed by atoms with Gasteiger partial charge in [0.15, 0.2) is 12.4 Å². The molecule has 0 spiro atoms. The molecule has 1 fully saturated rings. The number of hydrogen-bond acceptors (Lipinski definition) is 12. The quantitative estimate of drug-likeness (QED) is 0.143. The molecule has 12 heteroatoms. The highest BCUT2D eigenvalue weighted by atomic mass is 16.7. The van der Waals surface area contributed by atoms with E-state index < -0.39 is 68.8 Å². The minimum absolute atomic E-state index is 0.263. The minimum atomic E-state index is -1.65. The number of aliphatic hydroxyl groups excluding tert-OH is 6. The van der Waals surface area contributed by atoms with E-state index in [0.29, 0.717) is 0 Å². The molecule has 0 aromatic rings. The van der Waals surface area contributed by atoms with Gasteiger partial charge >= 0.3 is 0 Å². The van der Waals surface area contributed by atoms with Gasteiger partial charge in [-0.1, -0.05) is 0 Å². The van der Waals surface area contributed by atoms with E-state index in [2.05, 4.69) is 4.84 Å². The van der Waals surface area contributed by atoms with Gasteiger partial charge in [-0.05, 0) is 0 Å². The molecule has 8 atom stereocenters. The Kier molecular flexibility index (Phi) is 9.64. The second-order valence-corrected chi connectivity index (χ2v) is 5.38. The lowest BCUT2D eigenvalue weighted by Gasteiger charge is -2.41. The SMILES string of the molecule is N#CC1O[C@@H](CO)C(O[C@H](OC(CO)CON)C(O)CO)C(O)[C@@H]1O. The molecule has 1 aliphatic rings. The molecule has 1 heterocycles. The zero-order valence-corrected chi connectivity index (χ0v) is 13.3. The maximum Gasteiger partial charge on any atom is 0.186 e. The van der Waals surface area contributed by atoms with Gasteiger partial charge in [0.05, 0.1) is 32.5 Å². The van der Waals surface area contributed by atoms with Crippen LogP contribution >= 0.6 is 0 Å². The summed E-state index contributed by atoms with van der Waals surface area (Å²) < 4.78 is 15.7. The van der Waals surface area contributed by atoms with Crippen molar-refractivity contribution in [2.45, 2.75) is 49.0 Å². The number of aliphatic hydroxyl groups is 6. The molecule has 0 aromatic carbocycles. The van der Waals surface area contributed by atoms with Gasteiger partial charge in [-0.3, -0.25) is 0 Å². The van der Waals surface area contributed by atoms with Crippen LogP contribution in [-0.4, -0.2) is 106 Å². The summed E-state index contributed by atoms with van der Waals surface area (Å²) in [7, 11) is 0. The van der Waals surface area contributed by atoms with Crippen LogP contribution in [0.4, 0.5) is 0 Å². The van der Waals surface area contributed by atoms with Crippen molar-refractivity contribution < 1.29 is 49.7 Å². The third kappa shape index (κ3) is 5.78. The average molecular weight is 368 g/mol. The number of ether oxygens (including phenoxy) is 3. The molecule has 0 saturated carbocycles. The normalized spacial score (nSPS) is 33.4. The van der Waals surface area contributed by atoms with Crippen LogP contribution in [0.25, 0.3) is 0 Å². The Morgan fingerprint density at radius 3 is 2.32 bits per heavy atom. The molecular formula is C13H24N2O10. The highest BCUT2D eigenvalue weighted by molar-refractivity contribution is 5.02. The highest BCUT2D eigenvalue weighted by Gasteiger charge is 2.47. The summed E-state index contributed by atoms with van der Waals surface area (Å²) in [5.74, 6) is 4.89. The number of nitrogens with two attached hydrogens (primary N) is 1. The van der Waals surface area contributed by atoms with E-state index in [1.807, 2.05) is 0 Å². The fourth-order valence-electron chi connectivity index (χ4n) is 2.25. The standard InChI is InChI=1S/C13H24N2O10/c14-1-8-10(20)11(21)12(9(4-18)24-8)25-13(7(19)3-17)23-6(2-16)5-22-15/h6-13,16-21H,2-5,15H2/t6?,7?,8?,9-,10+,11?,12?,13-/m0/s1. The maximum atomic E-state index is 10.1. The first-order valence-electron chi connectivity index (χ1n) is 7.47. The Morgan fingerprint density at radius 1 is 1.16 bits per heavy atom. The van der Waals surface area contributed by atoms with Crippen LogP contribution < -0.4 is 5.90 Å². The second kappa shape index (κ2) is 10.9. The van der Waals surface area contributed by atoms with Crippen molar-refractivity contribution in [3.8, 4) is 6.07 Å².